The van der Waals surface area contributed by atoms with Gasteiger partial charge in [-0.3, -0.25) is 9.59 Å². The van der Waals surface area contributed by atoms with E-state index >= 15 is 0 Å². The fourth-order valence-corrected chi connectivity index (χ4v) is 2.89. The van der Waals surface area contributed by atoms with Crippen LogP contribution in [0.2, 0.25) is 5.02 Å². The molecule has 0 spiro atoms. The van der Waals surface area contributed by atoms with Gasteiger partial charge in [-0.25, -0.2) is 4.79 Å². The van der Waals surface area contributed by atoms with Gasteiger partial charge in [0.05, 0.1) is 0 Å². The molecule has 1 heterocycles. The van der Waals surface area contributed by atoms with Crippen molar-refractivity contribution in [3.05, 3.63) is 64.4 Å². The molecular formula is C21H18ClNO5. The van der Waals surface area contributed by atoms with E-state index in [9.17, 15) is 14.4 Å². The molecule has 0 unspecified atom stereocenters. The number of fused-ring (bicyclic) bond motifs is 1. The first kappa shape index (κ1) is 19.6. The standard InChI is InChI=1S/C21H18ClNO5/c1-11-17-10-15(22)7-8-18(17)28-19(11)21(26)27-13(3)20(25)23-16-6-4-5-14(9-16)12(2)24/h4-10,13H,1-3H3,(H,23,25)/t13-/m0/s1. The Hall–Kier alpha value is -3.12. The zero-order chi connectivity index (χ0) is 20.4. The van der Waals surface area contributed by atoms with E-state index in [1.165, 1.54) is 13.8 Å². The molecule has 0 saturated carbocycles. The number of aryl methyl sites for hydroxylation is 1. The van der Waals surface area contributed by atoms with E-state index < -0.39 is 18.0 Å². The van der Waals surface area contributed by atoms with Gasteiger partial charge in [0.1, 0.15) is 5.58 Å². The molecule has 1 amide bonds. The maximum atomic E-state index is 12.5. The molecule has 6 nitrogen and oxygen atoms in total. The monoisotopic (exact) mass is 399 g/mol. The molecule has 1 aromatic heterocycles. The van der Waals surface area contributed by atoms with Gasteiger partial charge >= 0.3 is 5.97 Å². The third-order valence-corrected chi connectivity index (χ3v) is 4.51. The zero-order valence-corrected chi connectivity index (χ0v) is 16.3. The van der Waals surface area contributed by atoms with E-state index in [4.69, 9.17) is 20.8 Å². The highest BCUT2D eigenvalue weighted by Gasteiger charge is 2.24. The van der Waals surface area contributed by atoms with Crippen LogP contribution in [0.5, 0.6) is 0 Å². The third kappa shape index (κ3) is 4.07. The number of anilines is 1. The van der Waals surface area contributed by atoms with E-state index in [2.05, 4.69) is 5.32 Å². The molecule has 2 aromatic carbocycles. The molecule has 0 saturated heterocycles. The van der Waals surface area contributed by atoms with Crippen molar-refractivity contribution in [2.75, 3.05) is 5.32 Å². The predicted molar refractivity (Wildman–Crippen MR) is 106 cm³/mol. The van der Waals surface area contributed by atoms with Gasteiger partial charge in [-0.2, -0.15) is 0 Å². The molecule has 0 aliphatic rings. The highest BCUT2D eigenvalue weighted by molar-refractivity contribution is 6.31. The minimum Gasteiger partial charge on any atom is -0.449 e. The smallest absolute Gasteiger partial charge is 0.375 e. The van der Waals surface area contributed by atoms with Gasteiger partial charge in [-0.1, -0.05) is 23.7 Å². The van der Waals surface area contributed by atoms with Crippen LogP contribution < -0.4 is 5.32 Å². The molecule has 0 bridgehead atoms. The van der Waals surface area contributed by atoms with Crippen molar-refractivity contribution in [2.24, 2.45) is 0 Å². The number of amides is 1. The molecule has 1 N–H and O–H groups in total. The fourth-order valence-electron chi connectivity index (χ4n) is 2.72. The van der Waals surface area contributed by atoms with Gasteiger partial charge in [0.15, 0.2) is 11.9 Å². The number of hydrogen-bond acceptors (Lipinski definition) is 5. The van der Waals surface area contributed by atoms with Crippen molar-refractivity contribution >= 4 is 45.9 Å². The Balaban J connectivity index is 1.72. The second-order valence-corrected chi connectivity index (χ2v) is 6.81. The summed E-state index contributed by atoms with van der Waals surface area (Å²) in [5.74, 6) is -1.36. The quantitative estimate of drug-likeness (QED) is 0.492. The van der Waals surface area contributed by atoms with E-state index in [1.54, 1.807) is 49.4 Å². The van der Waals surface area contributed by atoms with E-state index in [1.807, 2.05) is 0 Å². The zero-order valence-electron chi connectivity index (χ0n) is 15.5. The Bertz CT molecular complexity index is 1090. The minimum absolute atomic E-state index is 0.0236. The molecule has 7 heteroatoms. The van der Waals surface area contributed by atoms with Crippen LogP contribution in [0, 0.1) is 6.92 Å². The van der Waals surface area contributed by atoms with Crippen molar-refractivity contribution in [3.8, 4) is 0 Å². The first-order valence-corrected chi connectivity index (χ1v) is 8.95. The molecule has 144 valence electrons. The van der Waals surface area contributed by atoms with Crippen LogP contribution in [0.1, 0.15) is 40.3 Å². The lowest BCUT2D eigenvalue weighted by molar-refractivity contribution is -0.123. The Morgan fingerprint density at radius 3 is 2.61 bits per heavy atom. The Morgan fingerprint density at radius 2 is 1.89 bits per heavy atom. The summed E-state index contributed by atoms with van der Waals surface area (Å²) in [4.78, 5) is 36.2. The summed E-state index contributed by atoms with van der Waals surface area (Å²) < 4.78 is 10.8. The number of halogens is 1. The average molecular weight is 400 g/mol. The van der Waals surface area contributed by atoms with Crippen LogP contribution in [-0.2, 0) is 9.53 Å². The first-order chi connectivity index (χ1) is 13.3. The lowest BCUT2D eigenvalue weighted by Gasteiger charge is -2.13. The molecule has 28 heavy (non-hydrogen) atoms. The lowest BCUT2D eigenvalue weighted by Crippen LogP contribution is -2.30. The molecule has 0 fully saturated rings. The number of Topliss-reactive ketones (excluding diaryl/α,β-unsaturated/α-hetero) is 1. The summed E-state index contributed by atoms with van der Waals surface area (Å²) in [5, 5.41) is 3.86. The number of esters is 1. The number of furan rings is 1. The molecule has 3 rings (SSSR count). The molecule has 0 aliphatic heterocycles. The highest BCUT2D eigenvalue weighted by atomic mass is 35.5. The maximum Gasteiger partial charge on any atom is 0.375 e. The molecule has 0 radical (unpaired) electrons. The first-order valence-electron chi connectivity index (χ1n) is 8.57. The fraction of sp³-hybridized carbons (Fsp3) is 0.190. The van der Waals surface area contributed by atoms with Crippen LogP contribution in [0.25, 0.3) is 11.0 Å². The number of carbonyl (C=O) groups excluding carboxylic acids is 3. The van der Waals surface area contributed by atoms with Crippen molar-refractivity contribution in [3.63, 3.8) is 0 Å². The Morgan fingerprint density at radius 1 is 1.14 bits per heavy atom. The van der Waals surface area contributed by atoms with E-state index in [0.717, 1.165) is 0 Å². The van der Waals surface area contributed by atoms with Gasteiger partial charge < -0.3 is 14.5 Å². The van der Waals surface area contributed by atoms with Crippen molar-refractivity contribution in [2.45, 2.75) is 26.9 Å². The van der Waals surface area contributed by atoms with Gasteiger partial charge in [-0.05, 0) is 51.1 Å². The van der Waals surface area contributed by atoms with Crippen LogP contribution >= 0.6 is 11.6 Å². The van der Waals surface area contributed by atoms with Crippen LogP contribution in [0.15, 0.2) is 46.9 Å². The average Bonchev–Trinajstić information content (AvgIpc) is 2.98. The summed E-state index contributed by atoms with van der Waals surface area (Å²) >= 11 is 5.98. The number of nitrogens with one attached hydrogen (secondary N) is 1. The third-order valence-electron chi connectivity index (χ3n) is 4.27. The topological polar surface area (TPSA) is 85.6 Å². The summed E-state index contributed by atoms with van der Waals surface area (Å²) in [7, 11) is 0. The molecule has 1 atom stereocenters. The van der Waals surface area contributed by atoms with Gasteiger partial charge in [0.2, 0.25) is 5.76 Å². The number of benzene rings is 2. The Labute approximate surface area is 166 Å². The number of ketones is 1. The summed E-state index contributed by atoms with van der Waals surface area (Å²) in [6.07, 6.45) is -1.07. The van der Waals surface area contributed by atoms with Crippen LogP contribution in [-0.4, -0.2) is 23.8 Å². The largest absolute Gasteiger partial charge is 0.449 e. The minimum atomic E-state index is -1.07. The summed E-state index contributed by atoms with van der Waals surface area (Å²) in [5.41, 5.74) is 2.01. The second-order valence-electron chi connectivity index (χ2n) is 6.37. The normalized spacial score (nSPS) is 11.9. The van der Waals surface area contributed by atoms with Gasteiger partial charge in [0.25, 0.3) is 5.91 Å². The van der Waals surface area contributed by atoms with Gasteiger partial charge in [0, 0.05) is 27.2 Å². The van der Waals surface area contributed by atoms with E-state index in [0.29, 0.717) is 32.8 Å². The predicted octanol–water partition coefficient (Wildman–Crippen LogP) is 4.78. The maximum absolute atomic E-state index is 12.5. The molecular weight excluding hydrogens is 382 g/mol. The summed E-state index contributed by atoms with van der Waals surface area (Å²) in [6, 6.07) is 11.5. The number of hydrogen-bond donors (Lipinski definition) is 1. The summed E-state index contributed by atoms with van der Waals surface area (Å²) in [6.45, 7) is 4.61. The second kappa shape index (κ2) is 7.86. The Kier molecular flexibility index (Phi) is 5.51. The van der Waals surface area contributed by atoms with Crippen LogP contribution in [0.4, 0.5) is 5.69 Å². The van der Waals surface area contributed by atoms with Crippen LogP contribution in [0.3, 0.4) is 0 Å². The lowest BCUT2D eigenvalue weighted by atomic mass is 10.1. The van der Waals surface area contributed by atoms with Crippen molar-refractivity contribution in [1.82, 2.24) is 0 Å². The number of carbonyl (C=O) groups is 3. The molecule has 0 aliphatic carbocycles. The SMILES string of the molecule is CC(=O)c1cccc(NC(=O)[C@H](C)OC(=O)c2oc3ccc(Cl)cc3c2C)c1. The van der Waals surface area contributed by atoms with Gasteiger partial charge in [-0.15, -0.1) is 0 Å². The van der Waals surface area contributed by atoms with Crippen molar-refractivity contribution in [1.29, 1.82) is 0 Å². The number of ether oxygens (including phenoxy) is 1. The van der Waals surface area contributed by atoms with E-state index in [-0.39, 0.29) is 11.5 Å². The van der Waals surface area contributed by atoms with Crippen molar-refractivity contribution < 1.29 is 23.5 Å². The highest BCUT2D eigenvalue weighted by Crippen LogP contribution is 2.28. The molecule has 3 aromatic rings. The number of rotatable bonds is 5.